The molecule has 0 atom stereocenters. The number of carbonyl (C=O) groups is 1. The minimum Gasteiger partial charge on any atom is -0.443 e. The summed E-state index contributed by atoms with van der Waals surface area (Å²) in [6.07, 6.45) is 0. The highest BCUT2D eigenvalue weighted by Crippen LogP contribution is 2.32. The van der Waals surface area contributed by atoms with Gasteiger partial charge in [0, 0.05) is 11.1 Å². The molecule has 9 nitrogen and oxygen atoms in total. The van der Waals surface area contributed by atoms with Gasteiger partial charge in [0.25, 0.3) is 5.91 Å². The van der Waals surface area contributed by atoms with Crippen molar-refractivity contribution in [2.45, 2.75) is 24.8 Å². The Morgan fingerprint density at radius 1 is 1.03 bits per heavy atom. The van der Waals surface area contributed by atoms with E-state index in [1.165, 1.54) is 11.8 Å². The van der Waals surface area contributed by atoms with E-state index in [9.17, 15) is 4.79 Å². The standard InChI is InChI=1S/C23H19N7O2S/c1-14-15(2)32-22-19(14)20(24-21(31)16-9-5-3-6-10-16)25-23(26-22)33-13-18-27-28-29-30(18)17-11-7-4-8-12-17/h3-12H,13H2,1-2H3,(H,24,25,26,31). The lowest BCUT2D eigenvalue weighted by atomic mass is 10.2. The van der Waals surface area contributed by atoms with Gasteiger partial charge < -0.3 is 9.73 Å². The van der Waals surface area contributed by atoms with E-state index < -0.39 is 0 Å². The third-order valence-electron chi connectivity index (χ3n) is 5.14. The van der Waals surface area contributed by atoms with Gasteiger partial charge in [-0.25, -0.2) is 4.98 Å². The average Bonchev–Trinajstić information content (AvgIpc) is 3.43. The van der Waals surface area contributed by atoms with Crippen LogP contribution in [0, 0.1) is 13.8 Å². The van der Waals surface area contributed by atoms with Crippen molar-refractivity contribution in [1.29, 1.82) is 0 Å². The van der Waals surface area contributed by atoms with E-state index in [1.807, 2.05) is 62.4 Å². The molecule has 164 valence electrons. The molecule has 33 heavy (non-hydrogen) atoms. The minimum atomic E-state index is -0.252. The van der Waals surface area contributed by atoms with Gasteiger partial charge in [0.1, 0.15) is 11.6 Å². The molecule has 0 bridgehead atoms. The molecule has 1 amide bonds. The molecule has 0 aliphatic carbocycles. The molecule has 5 rings (SSSR count). The molecule has 0 fully saturated rings. The number of thioether (sulfide) groups is 1. The van der Waals surface area contributed by atoms with Crippen LogP contribution in [0.25, 0.3) is 16.8 Å². The maximum absolute atomic E-state index is 12.8. The van der Waals surface area contributed by atoms with Crippen LogP contribution in [-0.4, -0.2) is 36.1 Å². The van der Waals surface area contributed by atoms with Crippen LogP contribution in [0.15, 0.2) is 70.2 Å². The van der Waals surface area contributed by atoms with E-state index in [1.54, 1.807) is 16.8 Å². The zero-order valence-corrected chi connectivity index (χ0v) is 18.7. The molecular weight excluding hydrogens is 438 g/mol. The fourth-order valence-corrected chi connectivity index (χ4v) is 4.09. The second-order valence-electron chi connectivity index (χ2n) is 7.27. The maximum atomic E-state index is 12.8. The summed E-state index contributed by atoms with van der Waals surface area (Å²) in [6, 6.07) is 18.6. The molecule has 3 aromatic heterocycles. The first-order valence-electron chi connectivity index (χ1n) is 10.2. The highest BCUT2D eigenvalue weighted by Gasteiger charge is 2.19. The number of benzene rings is 2. The largest absolute Gasteiger partial charge is 0.443 e. The number of para-hydroxylation sites is 1. The van der Waals surface area contributed by atoms with Crippen molar-refractivity contribution in [3.63, 3.8) is 0 Å². The molecular formula is C23H19N7O2S. The number of amides is 1. The molecule has 0 saturated heterocycles. The lowest BCUT2D eigenvalue weighted by Crippen LogP contribution is -2.13. The molecule has 1 N–H and O–H groups in total. The van der Waals surface area contributed by atoms with Crippen molar-refractivity contribution in [2.24, 2.45) is 0 Å². The SMILES string of the molecule is Cc1oc2nc(SCc3nnnn3-c3ccccc3)nc(NC(=O)c3ccccc3)c2c1C. The second kappa shape index (κ2) is 8.83. The molecule has 0 aliphatic heterocycles. The fourth-order valence-electron chi connectivity index (χ4n) is 3.35. The maximum Gasteiger partial charge on any atom is 0.256 e. The van der Waals surface area contributed by atoms with Crippen LogP contribution in [0.5, 0.6) is 0 Å². The zero-order valence-electron chi connectivity index (χ0n) is 17.9. The Bertz CT molecular complexity index is 1430. The Kier molecular flexibility index (Phi) is 5.57. The van der Waals surface area contributed by atoms with Gasteiger partial charge >= 0.3 is 0 Å². The van der Waals surface area contributed by atoms with Crippen LogP contribution >= 0.6 is 11.8 Å². The van der Waals surface area contributed by atoms with Gasteiger partial charge in [-0.1, -0.05) is 48.2 Å². The third-order valence-corrected chi connectivity index (χ3v) is 5.98. The van der Waals surface area contributed by atoms with Crippen molar-refractivity contribution >= 4 is 34.6 Å². The van der Waals surface area contributed by atoms with Gasteiger partial charge in [0.05, 0.1) is 16.8 Å². The zero-order chi connectivity index (χ0) is 22.8. The summed E-state index contributed by atoms with van der Waals surface area (Å²) in [7, 11) is 0. The van der Waals surface area contributed by atoms with E-state index in [-0.39, 0.29) is 5.91 Å². The van der Waals surface area contributed by atoms with Crippen LogP contribution < -0.4 is 5.32 Å². The first-order valence-corrected chi connectivity index (χ1v) is 11.2. The van der Waals surface area contributed by atoms with Gasteiger partial charge in [-0.05, 0) is 48.5 Å². The van der Waals surface area contributed by atoms with Crippen LogP contribution in [0.2, 0.25) is 0 Å². The Hall–Kier alpha value is -4.05. The number of hydrogen-bond acceptors (Lipinski definition) is 8. The smallest absolute Gasteiger partial charge is 0.256 e. The number of nitrogens with zero attached hydrogens (tertiary/aromatic N) is 6. The van der Waals surface area contributed by atoms with Crippen LogP contribution in [0.4, 0.5) is 5.82 Å². The van der Waals surface area contributed by atoms with Crippen LogP contribution in [-0.2, 0) is 5.75 Å². The van der Waals surface area contributed by atoms with E-state index in [0.29, 0.717) is 39.2 Å². The number of carbonyl (C=O) groups excluding carboxylic acids is 1. The van der Waals surface area contributed by atoms with Crippen molar-refractivity contribution < 1.29 is 9.21 Å². The molecule has 3 heterocycles. The monoisotopic (exact) mass is 457 g/mol. The number of anilines is 1. The summed E-state index contributed by atoms with van der Waals surface area (Å²) >= 11 is 1.36. The van der Waals surface area contributed by atoms with Gasteiger partial charge in [0.2, 0.25) is 5.71 Å². The summed E-state index contributed by atoms with van der Waals surface area (Å²) in [5.74, 6) is 1.96. The van der Waals surface area contributed by atoms with E-state index in [2.05, 4.69) is 30.8 Å². The van der Waals surface area contributed by atoms with E-state index in [0.717, 1.165) is 17.0 Å². The molecule has 0 unspecified atom stereocenters. The molecule has 0 spiro atoms. The normalized spacial score (nSPS) is 11.1. The quantitative estimate of drug-likeness (QED) is 0.296. The minimum absolute atomic E-state index is 0.252. The third kappa shape index (κ3) is 4.20. The van der Waals surface area contributed by atoms with Crippen molar-refractivity contribution in [2.75, 3.05) is 5.32 Å². The predicted octanol–water partition coefficient (Wildman–Crippen LogP) is 4.36. The number of aromatic nitrogens is 6. The van der Waals surface area contributed by atoms with Crippen molar-refractivity contribution in [3.05, 3.63) is 83.4 Å². The highest BCUT2D eigenvalue weighted by molar-refractivity contribution is 7.98. The number of tetrazole rings is 1. The summed E-state index contributed by atoms with van der Waals surface area (Å²) < 4.78 is 7.51. The molecule has 0 aliphatic rings. The van der Waals surface area contributed by atoms with Gasteiger partial charge in [0.15, 0.2) is 11.0 Å². The average molecular weight is 458 g/mol. The number of furan rings is 1. The second-order valence-corrected chi connectivity index (χ2v) is 8.21. The summed E-state index contributed by atoms with van der Waals surface area (Å²) in [4.78, 5) is 22.0. The Labute approximate surface area is 193 Å². The number of rotatable bonds is 6. The van der Waals surface area contributed by atoms with Gasteiger partial charge in [-0.2, -0.15) is 9.67 Å². The summed E-state index contributed by atoms with van der Waals surface area (Å²) in [5, 5.41) is 16.1. The molecule has 5 aromatic rings. The van der Waals surface area contributed by atoms with Gasteiger partial charge in [-0.15, -0.1) is 5.10 Å². The Balaban J connectivity index is 1.45. The fraction of sp³-hybridized carbons (Fsp3) is 0.130. The predicted molar refractivity (Wildman–Crippen MR) is 124 cm³/mol. The Morgan fingerprint density at radius 2 is 1.76 bits per heavy atom. The highest BCUT2D eigenvalue weighted by atomic mass is 32.2. The van der Waals surface area contributed by atoms with Crippen LogP contribution in [0.1, 0.15) is 27.5 Å². The lowest BCUT2D eigenvalue weighted by Gasteiger charge is -2.08. The Morgan fingerprint density at radius 3 is 2.52 bits per heavy atom. The first-order chi connectivity index (χ1) is 16.1. The summed E-state index contributed by atoms with van der Waals surface area (Å²) in [5.41, 5.74) is 2.72. The first kappa shape index (κ1) is 20.8. The molecule has 0 saturated carbocycles. The number of aryl methyl sites for hydroxylation is 2. The van der Waals surface area contributed by atoms with Crippen LogP contribution in [0.3, 0.4) is 0 Å². The number of fused-ring (bicyclic) bond motifs is 1. The van der Waals surface area contributed by atoms with Crippen molar-refractivity contribution in [1.82, 2.24) is 30.2 Å². The number of nitrogens with one attached hydrogen (secondary N) is 1. The molecule has 0 radical (unpaired) electrons. The molecule has 2 aromatic carbocycles. The summed E-state index contributed by atoms with van der Waals surface area (Å²) in [6.45, 7) is 3.78. The van der Waals surface area contributed by atoms with E-state index >= 15 is 0 Å². The lowest BCUT2D eigenvalue weighted by molar-refractivity contribution is 0.102. The molecule has 10 heteroatoms. The topological polar surface area (TPSA) is 112 Å². The van der Waals surface area contributed by atoms with E-state index in [4.69, 9.17) is 4.42 Å². The van der Waals surface area contributed by atoms with Crippen molar-refractivity contribution in [3.8, 4) is 5.69 Å². The van der Waals surface area contributed by atoms with Gasteiger partial charge in [-0.3, -0.25) is 4.79 Å². The number of hydrogen-bond donors (Lipinski definition) is 1.